The Bertz CT molecular complexity index is 881. The molecule has 1 unspecified atom stereocenters. The van der Waals surface area contributed by atoms with Crippen LogP contribution in [-0.2, 0) is 16.1 Å². The van der Waals surface area contributed by atoms with Crippen molar-refractivity contribution < 1.29 is 23.4 Å². The van der Waals surface area contributed by atoms with Crippen molar-refractivity contribution in [3.63, 3.8) is 0 Å². The maximum absolute atomic E-state index is 14.8. The van der Waals surface area contributed by atoms with Gasteiger partial charge in [-0.2, -0.15) is 0 Å². The lowest BCUT2D eigenvalue weighted by molar-refractivity contribution is -0.0791. The normalized spacial score (nSPS) is 16.3. The van der Waals surface area contributed by atoms with Gasteiger partial charge < -0.3 is 4.74 Å². The van der Waals surface area contributed by atoms with Gasteiger partial charge in [-0.15, -0.1) is 0 Å². The molecule has 25 heavy (non-hydrogen) atoms. The van der Waals surface area contributed by atoms with Crippen molar-refractivity contribution in [1.29, 1.82) is 0 Å². The molecule has 1 aromatic heterocycles. The summed E-state index contributed by atoms with van der Waals surface area (Å²) in [5, 5.41) is 2.04. The van der Waals surface area contributed by atoms with Crippen molar-refractivity contribution in [2.45, 2.75) is 32.7 Å². The van der Waals surface area contributed by atoms with Crippen LogP contribution in [0.1, 0.15) is 36.2 Å². The van der Waals surface area contributed by atoms with Crippen LogP contribution in [0.15, 0.2) is 23.1 Å². The first-order valence-electron chi connectivity index (χ1n) is 8.07. The molecule has 0 fully saturated rings. The van der Waals surface area contributed by atoms with Crippen LogP contribution in [0.25, 0.3) is 10.9 Å². The second-order valence-electron chi connectivity index (χ2n) is 5.83. The molecule has 134 valence electrons. The minimum Gasteiger partial charge on any atom is -0.360 e. The maximum atomic E-state index is 14.8. The molecular weight excluding hydrogens is 334 g/mol. The summed E-state index contributed by atoms with van der Waals surface area (Å²) in [4.78, 5) is 26.9. The van der Waals surface area contributed by atoms with E-state index < -0.39 is 17.3 Å². The second-order valence-corrected chi connectivity index (χ2v) is 5.83. The third-order valence-corrected chi connectivity index (χ3v) is 4.52. The first kappa shape index (κ1) is 17.3. The lowest BCUT2D eigenvalue weighted by atomic mass is 9.95. The number of nitrogens with zero attached hydrogens (tertiary/aromatic N) is 2. The van der Waals surface area contributed by atoms with Crippen molar-refractivity contribution >= 4 is 16.9 Å². The highest BCUT2D eigenvalue weighted by Crippen LogP contribution is 2.30. The van der Waals surface area contributed by atoms with Gasteiger partial charge >= 0.3 is 5.97 Å². The van der Waals surface area contributed by atoms with Gasteiger partial charge in [0, 0.05) is 34.3 Å². The van der Waals surface area contributed by atoms with Crippen molar-refractivity contribution in [2.24, 2.45) is 0 Å². The largest absolute Gasteiger partial charge is 0.382 e. The van der Waals surface area contributed by atoms with Gasteiger partial charge in [-0.25, -0.2) is 14.1 Å². The number of hydrogen-bond acceptors (Lipinski definition) is 5. The predicted molar refractivity (Wildman–Crippen MR) is 87.2 cm³/mol. The summed E-state index contributed by atoms with van der Waals surface area (Å²) in [6.07, 6.45) is 2.52. The third kappa shape index (κ3) is 2.76. The average molecular weight is 352 g/mol. The van der Waals surface area contributed by atoms with Crippen molar-refractivity contribution in [3.8, 4) is 0 Å². The van der Waals surface area contributed by atoms with Gasteiger partial charge in [0.15, 0.2) is 5.43 Å². The van der Waals surface area contributed by atoms with Gasteiger partial charge in [0.05, 0.1) is 11.6 Å². The monoisotopic (exact) mass is 352 g/mol. The number of rotatable bonds is 5. The molecule has 3 rings (SSSR count). The van der Waals surface area contributed by atoms with Crippen LogP contribution in [0.2, 0.25) is 0 Å². The van der Waals surface area contributed by atoms with Crippen LogP contribution in [0.4, 0.5) is 8.92 Å². The Labute approximate surface area is 142 Å². The second kappa shape index (κ2) is 6.79. The number of carbonyl (C=O) groups excluding carboxylic acids is 1. The summed E-state index contributed by atoms with van der Waals surface area (Å²) < 4.78 is 34.3. The average Bonchev–Trinajstić information content (AvgIpc) is 2.63. The fourth-order valence-corrected chi connectivity index (χ4v) is 3.27. The van der Waals surface area contributed by atoms with Crippen LogP contribution in [-0.4, -0.2) is 30.0 Å². The SMILES string of the molecule is CCOCN1C(CC)Cc2c(F)c(C(=O)OF)cc3c(=O)ccn1c23. The Morgan fingerprint density at radius 3 is 2.80 bits per heavy atom. The Morgan fingerprint density at radius 1 is 1.40 bits per heavy atom. The zero-order chi connectivity index (χ0) is 18.1. The minimum atomic E-state index is -1.45. The van der Waals surface area contributed by atoms with Gasteiger partial charge in [-0.3, -0.25) is 14.5 Å². The lowest BCUT2D eigenvalue weighted by Gasteiger charge is -2.39. The summed E-state index contributed by atoms with van der Waals surface area (Å²) in [5.41, 5.74) is -0.389. The highest BCUT2D eigenvalue weighted by molar-refractivity contribution is 5.96. The number of hydrogen-bond donors (Lipinski definition) is 0. The summed E-state index contributed by atoms with van der Waals surface area (Å²) in [6, 6.07) is 2.27. The smallest absolute Gasteiger partial charge is 0.360 e. The van der Waals surface area contributed by atoms with E-state index in [0.717, 1.165) is 6.07 Å². The van der Waals surface area contributed by atoms with Gasteiger partial charge in [0.1, 0.15) is 18.1 Å². The van der Waals surface area contributed by atoms with E-state index in [9.17, 15) is 18.5 Å². The summed E-state index contributed by atoms with van der Waals surface area (Å²) >= 11 is 0. The molecule has 8 heteroatoms. The van der Waals surface area contributed by atoms with Crippen LogP contribution < -0.4 is 10.4 Å². The quantitative estimate of drug-likeness (QED) is 0.827. The van der Waals surface area contributed by atoms with Crippen LogP contribution in [0.3, 0.4) is 0 Å². The maximum Gasteiger partial charge on any atom is 0.382 e. The Morgan fingerprint density at radius 2 is 2.16 bits per heavy atom. The number of aromatic nitrogens is 1. The number of pyridine rings is 1. The molecule has 0 spiro atoms. The van der Waals surface area contributed by atoms with Gasteiger partial charge in [-0.05, 0) is 25.8 Å². The zero-order valence-corrected chi connectivity index (χ0v) is 13.9. The third-order valence-electron chi connectivity index (χ3n) is 4.52. The molecular formula is C17H18F2N2O4. The molecule has 6 nitrogen and oxygen atoms in total. The van der Waals surface area contributed by atoms with E-state index in [1.807, 2.05) is 18.9 Å². The Hall–Kier alpha value is -2.48. The molecule has 0 bridgehead atoms. The first-order chi connectivity index (χ1) is 12.0. The highest BCUT2D eigenvalue weighted by atomic mass is 19.3. The molecule has 0 amide bonds. The lowest BCUT2D eigenvalue weighted by Crippen LogP contribution is -2.49. The molecule has 0 N–H and O–H groups in total. The molecule has 0 saturated carbocycles. The molecule has 1 aliphatic heterocycles. The van der Waals surface area contributed by atoms with Crippen molar-refractivity contribution in [3.05, 3.63) is 45.5 Å². The molecule has 1 atom stereocenters. The van der Waals surface area contributed by atoms with Gasteiger partial charge in [-0.1, -0.05) is 6.92 Å². The number of halogens is 2. The van der Waals surface area contributed by atoms with Gasteiger partial charge in [0.2, 0.25) is 0 Å². The predicted octanol–water partition coefficient (Wildman–Crippen LogP) is 2.45. The molecule has 2 heterocycles. The fraction of sp³-hybridized carbons (Fsp3) is 0.412. The molecule has 0 radical (unpaired) electrons. The molecule has 2 aromatic rings. The zero-order valence-electron chi connectivity index (χ0n) is 13.9. The van der Waals surface area contributed by atoms with E-state index in [1.165, 1.54) is 6.07 Å². The summed E-state index contributed by atoms with van der Waals surface area (Å²) in [6.45, 7) is 4.61. The number of benzene rings is 1. The van der Waals surface area contributed by atoms with E-state index in [0.29, 0.717) is 18.5 Å². The molecule has 0 aliphatic carbocycles. The topological polar surface area (TPSA) is 60.8 Å². The summed E-state index contributed by atoms with van der Waals surface area (Å²) in [5.74, 6) is -2.31. The molecule has 1 aliphatic rings. The fourth-order valence-electron chi connectivity index (χ4n) is 3.27. The summed E-state index contributed by atoms with van der Waals surface area (Å²) in [7, 11) is 0. The van der Waals surface area contributed by atoms with Crippen molar-refractivity contribution in [2.75, 3.05) is 18.3 Å². The van der Waals surface area contributed by atoms with E-state index in [4.69, 9.17) is 4.74 Å². The van der Waals surface area contributed by atoms with Gasteiger partial charge in [0.25, 0.3) is 0 Å². The van der Waals surface area contributed by atoms with Crippen LogP contribution >= 0.6 is 0 Å². The highest BCUT2D eigenvalue weighted by Gasteiger charge is 2.31. The van der Waals surface area contributed by atoms with E-state index in [2.05, 4.69) is 4.94 Å². The van der Waals surface area contributed by atoms with Crippen LogP contribution in [0, 0.1) is 5.82 Å². The first-order valence-corrected chi connectivity index (χ1v) is 8.07. The standard InChI is InChI=1S/C17H18F2N2O4/c1-3-10-7-12-15(18)13(17(23)25-19)8-11-14(22)5-6-20(16(11)12)21(10)9-24-4-2/h5-6,8,10H,3-4,7,9H2,1-2H3. The van der Waals surface area contributed by atoms with E-state index in [-0.39, 0.29) is 35.6 Å². The molecule has 1 aromatic carbocycles. The number of carbonyl (C=O) groups is 1. The Kier molecular flexibility index (Phi) is 4.71. The molecule has 0 saturated heterocycles. The number of ether oxygens (including phenoxy) is 1. The minimum absolute atomic E-state index is 0.101. The van der Waals surface area contributed by atoms with E-state index in [1.54, 1.807) is 10.9 Å². The Balaban J connectivity index is 2.30. The van der Waals surface area contributed by atoms with Crippen LogP contribution in [0.5, 0.6) is 0 Å². The van der Waals surface area contributed by atoms with E-state index >= 15 is 0 Å². The van der Waals surface area contributed by atoms with Crippen molar-refractivity contribution in [1.82, 2.24) is 4.68 Å².